The lowest BCUT2D eigenvalue weighted by Gasteiger charge is -2.48. The number of nitrogens with one attached hydrogen (secondary N) is 1. The van der Waals surface area contributed by atoms with Crippen molar-refractivity contribution >= 4 is 57.6 Å². The summed E-state index contributed by atoms with van der Waals surface area (Å²) in [5.41, 5.74) is 3.22. The molecule has 2 aliphatic rings. The number of hydrogen-bond donors (Lipinski definition) is 1. The Labute approximate surface area is 328 Å². The third-order valence-corrected chi connectivity index (χ3v) is 11.6. The molecule has 11 heteroatoms. The standard InChI is InChI=1S/C46H37N2O8P/c49-44(35-21-11-12-26-47-35)48-41-43(42-38(28-51-45(53-42)32-17-5-2-6-18-32)52-46(41)50-27-29-13-3-1-4-14-29)56-57-54-36-24-22-30-15-7-9-19-33(30)39(36)40-34-20-10-8-16-31(34)23-25-37(40)55-57/h1-26,38,41-43,45-46H,27-28H2,(H,48,49)/t38-,41-,42-,43-,45?,46+/m1/s1. The fourth-order valence-corrected chi connectivity index (χ4v) is 8.94. The van der Waals surface area contributed by atoms with E-state index in [0.29, 0.717) is 11.2 Å². The monoisotopic (exact) mass is 776 g/mol. The predicted molar refractivity (Wildman–Crippen MR) is 217 cm³/mol. The molecular formula is C46H37N2O8P. The van der Waals surface area contributed by atoms with Crippen molar-refractivity contribution in [3.63, 3.8) is 0 Å². The van der Waals surface area contributed by atoms with E-state index in [-0.39, 0.29) is 18.9 Å². The van der Waals surface area contributed by atoms with E-state index >= 15 is 0 Å². The van der Waals surface area contributed by atoms with Gasteiger partial charge in [-0.3, -0.25) is 14.3 Å². The molecule has 2 aliphatic heterocycles. The third kappa shape index (κ3) is 7.08. The predicted octanol–water partition coefficient (Wildman–Crippen LogP) is 9.64. The summed E-state index contributed by atoms with van der Waals surface area (Å²) in [6.45, 7) is 0.391. The van der Waals surface area contributed by atoms with Crippen molar-refractivity contribution in [1.29, 1.82) is 0 Å². The summed E-state index contributed by atoms with van der Waals surface area (Å²) in [6.07, 6.45) is -2.43. The molecule has 1 amide bonds. The van der Waals surface area contributed by atoms with Crippen LogP contribution in [0.2, 0.25) is 0 Å². The molecule has 2 aromatic heterocycles. The van der Waals surface area contributed by atoms with Crippen LogP contribution in [0.3, 0.4) is 0 Å². The van der Waals surface area contributed by atoms with Gasteiger partial charge in [-0.25, -0.2) is 0 Å². The molecule has 0 saturated carbocycles. The lowest BCUT2D eigenvalue weighted by atomic mass is 9.95. The quantitative estimate of drug-likeness (QED) is 0.161. The van der Waals surface area contributed by atoms with Gasteiger partial charge in [0, 0.05) is 22.5 Å². The van der Waals surface area contributed by atoms with E-state index in [1.807, 2.05) is 109 Å². The topological polar surface area (TPSA) is 114 Å². The average Bonchev–Trinajstić information content (AvgIpc) is 3.44. The van der Waals surface area contributed by atoms with Crippen LogP contribution >= 0.6 is 8.24 Å². The maximum atomic E-state index is 14.0. The number of rotatable bonds is 8. The Morgan fingerprint density at radius 1 is 0.702 bits per heavy atom. The van der Waals surface area contributed by atoms with Crippen LogP contribution in [0.4, 0.5) is 0 Å². The largest absolute Gasteiger partial charge is 0.399 e. The first-order valence-electron chi connectivity index (χ1n) is 18.9. The van der Waals surface area contributed by atoms with Gasteiger partial charge < -0.3 is 32.7 Å². The van der Waals surface area contributed by atoms with Crippen molar-refractivity contribution in [2.24, 2.45) is 0 Å². The van der Waals surface area contributed by atoms with Crippen molar-refractivity contribution in [3.05, 3.63) is 175 Å². The number of amides is 1. The van der Waals surface area contributed by atoms with Crippen LogP contribution in [-0.4, -0.2) is 48.1 Å². The maximum absolute atomic E-state index is 14.0. The van der Waals surface area contributed by atoms with Gasteiger partial charge in [-0.05, 0) is 51.4 Å². The van der Waals surface area contributed by atoms with Gasteiger partial charge in [0.2, 0.25) is 0 Å². The number of ether oxygens (including phenoxy) is 4. The Kier molecular flexibility index (Phi) is 9.73. The molecular weight excluding hydrogens is 739 g/mol. The molecule has 2 saturated heterocycles. The normalized spacial score (nSPS) is 22.0. The number of pyridine rings is 1. The van der Waals surface area contributed by atoms with E-state index in [1.165, 1.54) is 0 Å². The molecule has 284 valence electrons. The Bertz CT molecular complexity index is 2630. The lowest BCUT2D eigenvalue weighted by molar-refractivity contribution is -0.339. The van der Waals surface area contributed by atoms with Gasteiger partial charge >= 0.3 is 8.24 Å². The Balaban J connectivity index is 1.13. The summed E-state index contributed by atoms with van der Waals surface area (Å²) < 4.78 is 46.9. The Morgan fingerprint density at radius 3 is 2.00 bits per heavy atom. The minimum atomic E-state index is -2.18. The van der Waals surface area contributed by atoms with Crippen molar-refractivity contribution < 1.29 is 36.7 Å². The number of fused-ring (bicyclic) bond motifs is 8. The number of aromatic nitrogens is 1. The SMILES string of the molecule is O=C(N[C@H]1[C@@H](OCc2ccccc2)O[C@@H]2COC(c3ccccc3)O[C@H]2[C@@H]1Op1oc2ccc3ccccc3c2c2c(ccc3ccccc32)o1)c1ccccn1. The Morgan fingerprint density at radius 2 is 1.33 bits per heavy atom. The third-order valence-electron chi connectivity index (χ3n) is 10.4. The van der Waals surface area contributed by atoms with E-state index in [4.69, 9.17) is 31.9 Å². The number of nitrogens with zero attached hydrogens (tertiary/aromatic N) is 1. The molecule has 8 aromatic rings. The second-order valence-corrected chi connectivity index (χ2v) is 15.0. The van der Waals surface area contributed by atoms with Gasteiger partial charge in [-0.15, -0.1) is 0 Å². The molecule has 6 atom stereocenters. The number of benzene rings is 6. The van der Waals surface area contributed by atoms with Gasteiger partial charge in [0.05, 0.1) is 13.2 Å². The van der Waals surface area contributed by atoms with E-state index in [1.54, 1.807) is 24.4 Å². The first-order chi connectivity index (χ1) is 28.2. The molecule has 6 aromatic carbocycles. The summed E-state index contributed by atoms with van der Waals surface area (Å²) >= 11 is 0. The molecule has 0 spiro atoms. The molecule has 57 heavy (non-hydrogen) atoms. The van der Waals surface area contributed by atoms with Gasteiger partial charge in [-0.1, -0.05) is 127 Å². The molecule has 1 N–H and O–H groups in total. The van der Waals surface area contributed by atoms with E-state index in [2.05, 4.69) is 34.6 Å². The summed E-state index contributed by atoms with van der Waals surface area (Å²) in [7, 11) is -2.18. The number of carbonyl (C=O) groups excluding carboxylic acids is 1. The molecule has 10 rings (SSSR count). The van der Waals surface area contributed by atoms with Crippen LogP contribution in [-0.2, 0) is 25.6 Å². The molecule has 0 aliphatic carbocycles. The minimum absolute atomic E-state index is 0.180. The van der Waals surface area contributed by atoms with Crippen LogP contribution in [0.15, 0.2) is 166 Å². The van der Waals surface area contributed by atoms with Crippen molar-refractivity contribution in [2.75, 3.05) is 6.61 Å². The van der Waals surface area contributed by atoms with Gasteiger partial charge in [-0.2, -0.15) is 0 Å². The van der Waals surface area contributed by atoms with Crippen LogP contribution < -0.4 is 9.84 Å². The molecule has 2 fully saturated rings. The highest BCUT2D eigenvalue weighted by Crippen LogP contribution is 2.43. The highest BCUT2D eigenvalue weighted by molar-refractivity contribution is 7.31. The van der Waals surface area contributed by atoms with Gasteiger partial charge in [0.25, 0.3) is 5.91 Å². The second kappa shape index (κ2) is 15.6. The summed E-state index contributed by atoms with van der Waals surface area (Å²) in [5.74, 6) is -0.430. The highest BCUT2D eigenvalue weighted by Gasteiger charge is 2.53. The van der Waals surface area contributed by atoms with Crippen molar-refractivity contribution in [3.8, 4) is 0 Å². The summed E-state index contributed by atoms with van der Waals surface area (Å²) in [5, 5.41) is 9.15. The first kappa shape index (κ1) is 35.6. The van der Waals surface area contributed by atoms with Crippen molar-refractivity contribution in [1.82, 2.24) is 10.3 Å². The zero-order valence-electron chi connectivity index (χ0n) is 30.5. The average molecular weight is 777 g/mol. The molecule has 0 radical (unpaired) electrons. The zero-order valence-corrected chi connectivity index (χ0v) is 31.4. The zero-order chi connectivity index (χ0) is 38.1. The molecule has 0 bridgehead atoms. The maximum Gasteiger partial charge on any atom is 0.387 e. The van der Waals surface area contributed by atoms with E-state index in [0.717, 1.165) is 43.4 Å². The smallest absolute Gasteiger partial charge is 0.387 e. The second-order valence-electron chi connectivity index (χ2n) is 14.0. The van der Waals surface area contributed by atoms with E-state index < -0.39 is 51.1 Å². The molecule has 10 nitrogen and oxygen atoms in total. The fourth-order valence-electron chi connectivity index (χ4n) is 7.74. The first-order valence-corrected chi connectivity index (χ1v) is 20.0. The van der Waals surface area contributed by atoms with Gasteiger partial charge in [0.15, 0.2) is 12.6 Å². The summed E-state index contributed by atoms with van der Waals surface area (Å²) in [6, 6.07) is 48.2. The Hall–Kier alpha value is -5.84. The van der Waals surface area contributed by atoms with Crippen LogP contribution in [0.1, 0.15) is 27.9 Å². The number of carbonyl (C=O) groups is 1. The van der Waals surface area contributed by atoms with Crippen LogP contribution in [0.5, 0.6) is 0 Å². The van der Waals surface area contributed by atoms with E-state index in [9.17, 15) is 4.79 Å². The van der Waals surface area contributed by atoms with Crippen LogP contribution in [0.25, 0.3) is 43.5 Å². The van der Waals surface area contributed by atoms with Gasteiger partial charge in [0.1, 0.15) is 41.2 Å². The molecule has 1 unspecified atom stereocenters. The number of hydrogen-bond acceptors (Lipinski definition) is 9. The molecule has 4 heterocycles. The lowest BCUT2D eigenvalue weighted by Crippen LogP contribution is -2.68. The van der Waals surface area contributed by atoms with Crippen LogP contribution in [0, 0.1) is 0 Å². The summed E-state index contributed by atoms with van der Waals surface area (Å²) in [4.78, 5) is 18.3. The highest BCUT2D eigenvalue weighted by atomic mass is 31.1. The van der Waals surface area contributed by atoms with Crippen molar-refractivity contribution in [2.45, 2.75) is 43.5 Å². The minimum Gasteiger partial charge on any atom is -0.399 e. The fraction of sp³-hybridized carbons (Fsp3) is 0.174.